The first-order valence-corrected chi connectivity index (χ1v) is 13.7. The Balaban J connectivity index is 1.43. The Morgan fingerprint density at radius 1 is 0.462 bits per heavy atom. The summed E-state index contributed by atoms with van der Waals surface area (Å²) in [5, 5.41) is 7.29. The highest BCUT2D eigenvalue weighted by Crippen LogP contribution is 2.41. The highest BCUT2D eigenvalue weighted by atomic mass is 16.7. The fraction of sp³-hybridized carbons (Fsp3) is 0.167. The minimum atomic E-state index is -0.437. The van der Waals surface area contributed by atoms with Crippen LogP contribution in [-0.4, -0.2) is 18.3 Å². The molecule has 0 aliphatic carbocycles. The van der Waals surface area contributed by atoms with Gasteiger partial charge < -0.3 is 9.31 Å². The summed E-state index contributed by atoms with van der Waals surface area (Å²) >= 11 is 0. The predicted molar refractivity (Wildman–Crippen MR) is 166 cm³/mol. The lowest BCUT2D eigenvalue weighted by Crippen LogP contribution is -2.41. The third kappa shape index (κ3) is 3.80. The maximum absolute atomic E-state index is 6.59. The van der Waals surface area contributed by atoms with Gasteiger partial charge in [0.15, 0.2) is 0 Å². The van der Waals surface area contributed by atoms with Crippen LogP contribution >= 0.6 is 0 Å². The summed E-state index contributed by atoms with van der Waals surface area (Å²) in [6, 6.07) is 41.5. The second-order valence-electron chi connectivity index (χ2n) is 11.6. The molecule has 1 aliphatic heterocycles. The smallest absolute Gasteiger partial charge is 0.399 e. The van der Waals surface area contributed by atoms with E-state index in [0.717, 1.165) is 5.46 Å². The van der Waals surface area contributed by atoms with Crippen molar-refractivity contribution in [2.24, 2.45) is 0 Å². The van der Waals surface area contributed by atoms with Crippen molar-refractivity contribution in [3.63, 3.8) is 0 Å². The van der Waals surface area contributed by atoms with Crippen molar-refractivity contribution in [3.05, 3.63) is 115 Å². The van der Waals surface area contributed by atoms with Gasteiger partial charge in [-0.3, -0.25) is 0 Å². The molecule has 1 heterocycles. The molecule has 6 aromatic rings. The van der Waals surface area contributed by atoms with E-state index < -0.39 is 18.3 Å². The molecule has 39 heavy (non-hydrogen) atoms. The van der Waals surface area contributed by atoms with Crippen molar-refractivity contribution < 1.29 is 9.31 Å². The number of benzene rings is 6. The Morgan fingerprint density at radius 2 is 0.923 bits per heavy atom. The summed E-state index contributed by atoms with van der Waals surface area (Å²) < 4.78 is 13.2. The molecule has 0 unspecified atom stereocenters. The van der Waals surface area contributed by atoms with Crippen molar-refractivity contribution in [2.75, 3.05) is 0 Å². The molecule has 0 atom stereocenters. The quantitative estimate of drug-likeness (QED) is 0.176. The van der Waals surface area contributed by atoms with Crippen LogP contribution in [-0.2, 0) is 9.31 Å². The van der Waals surface area contributed by atoms with Gasteiger partial charge >= 0.3 is 7.12 Å². The first kappa shape index (κ1) is 24.1. The summed E-state index contributed by atoms with van der Waals surface area (Å²) in [6.45, 7) is 8.46. The van der Waals surface area contributed by atoms with Crippen LogP contribution in [0.1, 0.15) is 27.7 Å². The van der Waals surface area contributed by atoms with Crippen LogP contribution in [0.4, 0.5) is 0 Å². The number of fused-ring (bicyclic) bond motifs is 3. The van der Waals surface area contributed by atoms with Crippen molar-refractivity contribution in [1.82, 2.24) is 0 Å². The van der Waals surface area contributed by atoms with Gasteiger partial charge in [0.1, 0.15) is 0 Å². The minimum absolute atomic E-state index is 0.407. The number of hydrogen-bond donors (Lipinski definition) is 0. The largest absolute Gasteiger partial charge is 0.496 e. The fourth-order valence-corrected chi connectivity index (χ4v) is 5.98. The van der Waals surface area contributed by atoms with Crippen LogP contribution in [0.5, 0.6) is 0 Å². The molecule has 1 saturated heterocycles. The van der Waals surface area contributed by atoms with Gasteiger partial charge in [0.05, 0.1) is 11.2 Å². The first-order valence-electron chi connectivity index (χ1n) is 13.7. The fourth-order valence-electron chi connectivity index (χ4n) is 5.98. The van der Waals surface area contributed by atoms with Crippen LogP contribution in [0.3, 0.4) is 0 Å². The zero-order valence-corrected chi connectivity index (χ0v) is 22.9. The predicted octanol–water partition coefficient (Wildman–Crippen LogP) is 8.78. The molecule has 0 radical (unpaired) electrons. The lowest BCUT2D eigenvalue weighted by molar-refractivity contribution is 0.00578. The third-order valence-corrected chi connectivity index (χ3v) is 8.74. The molecule has 0 bridgehead atoms. The number of hydrogen-bond acceptors (Lipinski definition) is 2. The Kier molecular flexibility index (Phi) is 5.45. The molecule has 0 saturated carbocycles. The Labute approximate surface area is 230 Å². The summed E-state index contributed by atoms with van der Waals surface area (Å²) in [4.78, 5) is 0. The molecule has 6 aromatic carbocycles. The van der Waals surface area contributed by atoms with Gasteiger partial charge in [-0.1, -0.05) is 115 Å². The average molecular weight is 506 g/mol. The first-order chi connectivity index (χ1) is 18.8. The maximum Gasteiger partial charge on any atom is 0.496 e. The third-order valence-electron chi connectivity index (χ3n) is 8.74. The van der Waals surface area contributed by atoms with Gasteiger partial charge in [0.2, 0.25) is 0 Å². The van der Waals surface area contributed by atoms with Gasteiger partial charge in [0, 0.05) is 0 Å². The Morgan fingerprint density at radius 3 is 1.51 bits per heavy atom. The van der Waals surface area contributed by atoms with Gasteiger partial charge in [0.25, 0.3) is 0 Å². The molecule has 190 valence electrons. The lowest BCUT2D eigenvalue weighted by Gasteiger charge is -2.32. The highest BCUT2D eigenvalue weighted by molar-refractivity contribution is 6.68. The zero-order valence-electron chi connectivity index (χ0n) is 22.9. The molecule has 1 fully saturated rings. The van der Waals surface area contributed by atoms with E-state index >= 15 is 0 Å². The normalized spacial score (nSPS) is 16.4. The highest BCUT2D eigenvalue weighted by Gasteiger charge is 2.52. The molecule has 1 aliphatic rings. The van der Waals surface area contributed by atoms with Crippen molar-refractivity contribution >= 4 is 44.9 Å². The molecular formula is C36H31BO2. The standard InChI is InChI=1S/C36H31BO2/c1-35(2)36(3,4)39-37(38-35)34-31-17-9-7-15-29(31)33(30-16-8-10-18-32(30)34)26-22-20-25(21-23-26)28-19-11-13-24-12-5-6-14-27(24)28/h5-23H,1-4H3. The second kappa shape index (κ2) is 8.81. The molecule has 0 aromatic heterocycles. The molecule has 7 rings (SSSR count). The molecule has 0 spiro atoms. The van der Waals surface area contributed by atoms with Crippen molar-refractivity contribution in [1.29, 1.82) is 0 Å². The van der Waals surface area contributed by atoms with Gasteiger partial charge in [-0.15, -0.1) is 0 Å². The van der Waals surface area contributed by atoms with Crippen molar-refractivity contribution in [2.45, 2.75) is 38.9 Å². The molecule has 2 nitrogen and oxygen atoms in total. The topological polar surface area (TPSA) is 18.5 Å². The molecule has 3 heteroatoms. The average Bonchev–Trinajstić information content (AvgIpc) is 3.17. The van der Waals surface area contributed by atoms with E-state index in [1.165, 1.54) is 54.6 Å². The molecule has 0 N–H and O–H groups in total. The van der Waals surface area contributed by atoms with Gasteiger partial charge in [-0.25, -0.2) is 0 Å². The van der Waals surface area contributed by atoms with E-state index in [-0.39, 0.29) is 0 Å². The maximum atomic E-state index is 6.59. The van der Waals surface area contributed by atoms with E-state index in [2.05, 4.69) is 143 Å². The van der Waals surface area contributed by atoms with E-state index in [4.69, 9.17) is 9.31 Å². The minimum Gasteiger partial charge on any atom is -0.399 e. The SMILES string of the molecule is CC1(C)OB(c2c3ccccc3c(-c3ccc(-c4cccc5ccccc45)cc3)c3ccccc23)OC1(C)C. The summed E-state index contributed by atoms with van der Waals surface area (Å²) in [5.41, 5.74) is 5.21. The summed E-state index contributed by atoms with van der Waals surface area (Å²) in [6.07, 6.45) is 0. The van der Waals surface area contributed by atoms with Crippen molar-refractivity contribution in [3.8, 4) is 22.3 Å². The van der Waals surface area contributed by atoms with E-state index in [1.54, 1.807) is 0 Å². The zero-order chi connectivity index (χ0) is 26.8. The van der Waals surface area contributed by atoms with Gasteiger partial charge in [-0.05, 0) is 87.7 Å². The van der Waals surface area contributed by atoms with Crippen LogP contribution < -0.4 is 5.46 Å². The van der Waals surface area contributed by atoms with Crippen LogP contribution in [0.15, 0.2) is 115 Å². The molecular weight excluding hydrogens is 475 g/mol. The second-order valence-corrected chi connectivity index (χ2v) is 11.6. The Bertz CT molecular complexity index is 1790. The van der Waals surface area contributed by atoms with E-state index in [1.807, 2.05) is 0 Å². The summed E-state index contributed by atoms with van der Waals surface area (Å²) in [5.74, 6) is 0. The van der Waals surface area contributed by atoms with Crippen LogP contribution in [0.25, 0.3) is 54.6 Å². The van der Waals surface area contributed by atoms with Crippen LogP contribution in [0.2, 0.25) is 0 Å². The molecule has 0 amide bonds. The number of rotatable bonds is 3. The lowest BCUT2D eigenvalue weighted by atomic mass is 9.71. The van der Waals surface area contributed by atoms with Gasteiger partial charge in [-0.2, -0.15) is 0 Å². The van der Waals surface area contributed by atoms with E-state index in [0.29, 0.717) is 0 Å². The Hall–Kier alpha value is -3.92. The van der Waals surface area contributed by atoms with Crippen LogP contribution in [0, 0.1) is 0 Å². The summed E-state index contributed by atoms with van der Waals surface area (Å²) in [7, 11) is -0.437. The van der Waals surface area contributed by atoms with E-state index in [9.17, 15) is 0 Å². The monoisotopic (exact) mass is 506 g/mol.